The molecule has 30 heavy (non-hydrogen) atoms. The van der Waals surface area contributed by atoms with Gasteiger partial charge in [-0.25, -0.2) is 4.39 Å². The average Bonchev–Trinajstić information content (AvgIpc) is 2.77. The Morgan fingerprint density at radius 2 is 1.63 bits per heavy atom. The van der Waals surface area contributed by atoms with Crippen LogP contribution in [0.25, 0.3) is 0 Å². The highest BCUT2D eigenvalue weighted by atomic mass is 79.9. The zero-order chi connectivity index (χ0) is 20.9. The molecule has 2 fully saturated rings. The van der Waals surface area contributed by atoms with E-state index in [1.807, 2.05) is 11.0 Å². The predicted molar refractivity (Wildman–Crippen MR) is 118 cm³/mol. The second-order valence-electron chi connectivity index (χ2n) is 8.21. The molecule has 0 N–H and O–H groups in total. The molecule has 0 saturated carbocycles. The minimum Gasteiger partial charge on any atom is -0.340 e. The number of carbonyl (C=O) groups excluding carboxylic acids is 1. The van der Waals surface area contributed by atoms with Crippen LogP contribution in [0.3, 0.4) is 0 Å². The van der Waals surface area contributed by atoms with Crippen molar-refractivity contribution in [3.8, 4) is 0 Å². The molecule has 2 aromatic rings. The lowest BCUT2D eigenvalue weighted by molar-refractivity contribution is -0.139. The number of aromatic nitrogens is 1. The van der Waals surface area contributed by atoms with Crippen LogP contribution in [0.4, 0.5) is 4.39 Å². The normalized spacial score (nSPS) is 19.2. The molecule has 0 aliphatic carbocycles. The molecule has 0 unspecified atom stereocenters. The van der Waals surface area contributed by atoms with E-state index in [4.69, 9.17) is 0 Å². The van der Waals surface area contributed by atoms with Crippen molar-refractivity contribution >= 4 is 21.8 Å². The molecule has 160 valence electrons. The molecule has 2 aliphatic heterocycles. The fourth-order valence-corrected chi connectivity index (χ4v) is 4.77. The summed E-state index contributed by atoms with van der Waals surface area (Å²) < 4.78 is 15.0. The highest BCUT2D eigenvalue weighted by Crippen LogP contribution is 2.23. The molecule has 2 aliphatic rings. The number of piperazine rings is 1. The van der Waals surface area contributed by atoms with E-state index in [0.717, 1.165) is 63.1 Å². The van der Waals surface area contributed by atoms with Crippen molar-refractivity contribution in [3.05, 3.63) is 64.1 Å². The largest absolute Gasteiger partial charge is 0.340 e. The van der Waals surface area contributed by atoms with Crippen molar-refractivity contribution in [3.63, 3.8) is 0 Å². The fraction of sp³-hybridized carbons (Fsp3) is 0.478. The Hall–Kier alpha value is -1.83. The first-order valence-electron chi connectivity index (χ1n) is 10.7. The Bertz CT molecular complexity index is 794. The van der Waals surface area contributed by atoms with E-state index < -0.39 is 0 Å². The van der Waals surface area contributed by atoms with Gasteiger partial charge in [0, 0.05) is 61.4 Å². The first-order valence-corrected chi connectivity index (χ1v) is 11.4. The van der Waals surface area contributed by atoms with E-state index in [2.05, 4.69) is 48.9 Å². The highest BCUT2D eigenvalue weighted by Gasteiger charge is 2.30. The minimum atomic E-state index is -0.254. The van der Waals surface area contributed by atoms with Gasteiger partial charge in [0.2, 0.25) is 5.91 Å². The number of piperidine rings is 1. The van der Waals surface area contributed by atoms with E-state index in [-0.39, 0.29) is 11.7 Å². The first-order chi connectivity index (χ1) is 14.6. The summed E-state index contributed by atoms with van der Waals surface area (Å²) in [6, 6.07) is 10.1. The van der Waals surface area contributed by atoms with Crippen molar-refractivity contribution in [1.82, 2.24) is 19.7 Å². The average molecular weight is 475 g/mol. The van der Waals surface area contributed by atoms with Crippen LogP contribution in [0.2, 0.25) is 0 Å². The molecule has 4 rings (SSSR count). The topological polar surface area (TPSA) is 39.7 Å². The van der Waals surface area contributed by atoms with Gasteiger partial charge in [-0.05, 0) is 43.6 Å². The Morgan fingerprint density at radius 1 is 0.967 bits per heavy atom. The lowest BCUT2D eigenvalue weighted by atomic mass is 9.94. The maximum Gasteiger partial charge on any atom is 0.225 e. The van der Waals surface area contributed by atoms with Gasteiger partial charge in [0.15, 0.2) is 0 Å². The van der Waals surface area contributed by atoms with Crippen LogP contribution in [0.5, 0.6) is 0 Å². The monoisotopic (exact) mass is 474 g/mol. The molecule has 0 radical (unpaired) electrons. The lowest BCUT2D eigenvalue weighted by Gasteiger charge is -2.38. The summed E-state index contributed by atoms with van der Waals surface area (Å²) in [5.41, 5.74) is 1.96. The molecule has 0 spiro atoms. The standard InChI is InChI=1S/C23H28BrFN4O/c24-21-4-2-1-3-19(21)16-28-11-13-29(14-12-28)23(30)18-6-9-27(10-7-18)17-20-5-8-26-15-22(20)25/h1-5,8,15,18H,6-7,9-14,16-17H2. The summed E-state index contributed by atoms with van der Waals surface area (Å²) in [6.07, 6.45) is 4.60. The van der Waals surface area contributed by atoms with Crippen LogP contribution in [-0.4, -0.2) is 64.9 Å². The summed E-state index contributed by atoms with van der Waals surface area (Å²) in [7, 11) is 0. The highest BCUT2D eigenvalue weighted by molar-refractivity contribution is 9.10. The van der Waals surface area contributed by atoms with Gasteiger partial charge in [0.25, 0.3) is 0 Å². The molecular formula is C23H28BrFN4O. The van der Waals surface area contributed by atoms with Crippen LogP contribution in [0.15, 0.2) is 47.2 Å². The van der Waals surface area contributed by atoms with Crippen LogP contribution in [0, 0.1) is 11.7 Å². The third-order valence-corrected chi connectivity index (χ3v) is 7.00. The summed E-state index contributed by atoms with van der Waals surface area (Å²) in [5.74, 6) is 0.139. The summed E-state index contributed by atoms with van der Waals surface area (Å²) in [4.78, 5) is 23.5. The van der Waals surface area contributed by atoms with E-state index in [9.17, 15) is 9.18 Å². The quantitative estimate of drug-likeness (QED) is 0.664. The maximum absolute atomic E-state index is 13.8. The second-order valence-corrected chi connectivity index (χ2v) is 9.06. The van der Waals surface area contributed by atoms with Gasteiger partial charge >= 0.3 is 0 Å². The van der Waals surface area contributed by atoms with Crippen LogP contribution < -0.4 is 0 Å². The molecule has 1 amide bonds. The molecule has 2 saturated heterocycles. The molecule has 0 bridgehead atoms. The van der Waals surface area contributed by atoms with Crippen LogP contribution in [0.1, 0.15) is 24.0 Å². The Balaban J connectivity index is 1.22. The van der Waals surface area contributed by atoms with Gasteiger partial charge < -0.3 is 4.90 Å². The molecule has 0 atom stereocenters. The summed E-state index contributed by atoms with van der Waals surface area (Å²) in [6.45, 7) is 6.58. The number of carbonyl (C=O) groups is 1. The number of amides is 1. The Kier molecular flexibility index (Phi) is 7.12. The van der Waals surface area contributed by atoms with E-state index >= 15 is 0 Å². The number of pyridine rings is 1. The molecule has 3 heterocycles. The van der Waals surface area contributed by atoms with Gasteiger partial charge in [-0.1, -0.05) is 34.1 Å². The van der Waals surface area contributed by atoms with Crippen molar-refractivity contribution in [2.24, 2.45) is 5.92 Å². The zero-order valence-electron chi connectivity index (χ0n) is 17.1. The van der Waals surface area contributed by atoms with Gasteiger partial charge in [0.05, 0.1) is 6.20 Å². The number of nitrogens with zero attached hydrogens (tertiary/aromatic N) is 4. The van der Waals surface area contributed by atoms with Crippen LogP contribution in [-0.2, 0) is 17.9 Å². The third-order valence-electron chi connectivity index (χ3n) is 6.22. The summed E-state index contributed by atoms with van der Waals surface area (Å²) >= 11 is 3.62. The van der Waals surface area contributed by atoms with Crippen molar-refractivity contribution < 1.29 is 9.18 Å². The third kappa shape index (κ3) is 5.25. The maximum atomic E-state index is 13.8. The second kappa shape index (κ2) is 9.98. The first kappa shape index (κ1) is 21.4. The predicted octanol–water partition coefficient (Wildman–Crippen LogP) is 3.54. The molecule has 1 aromatic carbocycles. The van der Waals surface area contributed by atoms with Crippen molar-refractivity contribution in [2.45, 2.75) is 25.9 Å². The number of likely N-dealkylation sites (tertiary alicyclic amines) is 1. The Labute approximate surface area is 186 Å². The number of hydrogen-bond donors (Lipinski definition) is 0. The van der Waals surface area contributed by atoms with E-state index in [1.54, 1.807) is 12.3 Å². The molecule has 7 heteroatoms. The van der Waals surface area contributed by atoms with Gasteiger partial charge in [-0.3, -0.25) is 19.6 Å². The smallest absolute Gasteiger partial charge is 0.225 e. The van der Waals surface area contributed by atoms with Crippen LogP contribution >= 0.6 is 15.9 Å². The SMILES string of the molecule is O=C(C1CCN(Cc2ccncc2F)CC1)N1CCN(Cc2ccccc2Br)CC1. The molecular weight excluding hydrogens is 447 g/mol. The van der Waals surface area contributed by atoms with Crippen molar-refractivity contribution in [2.75, 3.05) is 39.3 Å². The Morgan fingerprint density at radius 3 is 2.33 bits per heavy atom. The fourth-order valence-electron chi connectivity index (χ4n) is 4.36. The van der Waals surface area contributed by atoms with Crippen molar-refractivity contribution in [1.29, 1.82) is 0 Å². The summed E-state index contributed by atoms with van der Waals surface area (Å²) in [5, 5.41) is 0. The van der Waals surface area contributed by atoms with Gasteiger partial charge in [0.1, 0.15) is 5.82 Å². The number of hydrogen-bond acceptors (Lipinski definition) is 4. The number of rotatable bonds is 5. The lowest BCUT2D eigenvalue weighted by Crippen LogP contribution is -2.51. The van der Waals surface area contributed by atoms with Gasteiger partial charge in [-0.2, -0.15) is 0 Å². The van der Waals surface area contributed by atoms with E-state index in [1.165, 1.54) is 11.8 Å². The van der Waals surface area contributed by atoms with Gasteiger partial charge in [-0.15, -0.1) is 0 Å². The molecule has 1 aromatic heterocycles. The minimum absolute atomic E-state index is 0.0957. The zero-order valence-corrected chi connectivity index (χ0v) is 18.7. The van der Waals surface area contributed by atoms with E-state index in [0.29, 0.717) is 18.0 Å². The number of benzene rings is 1. The number of halogens is 2. The molecule has 5 nitrogen and oxygen atoms in total.